The molecule has 0 saturated carbocycles. The van der Waals surface area contributed by atoms with E-state index in [9.17, 15) is 4.79 Å². The van der Waals surface area contributed by atoms with Gasteiger partial charge in [0.2, 0.25) is 5.91 Å². The molecule has 2 atom stereocenters. The van der Waals surface area contributed by atoms with Gasteiger partial charge < -0.3 is 15.8 Å². The fourth-order valence-corrected chi connectivity index (χ4v) is 2.52. The lowest BCUT2D eigenvalue weighted by atomic mass is 9.94. The van der Waals surface area contributed by atoms with Crippen LogP contribution in [0.1, 0.15) is 56.3 Å². The van der Waals surface area contributed by atoms with Crippen LogP contribution in [0.5, 0.6) is 5.75 Å². The third-order valence-electron chi connectivity index (χ3n) is 3.48. The molecule has 1 aromatic carbocycles. The molecule has 104 valence electrons. The van der Waals surface area contributed by atoms with Gasteiger partial charge in [-0.2, -0.15) is 0 Å². The third kappa shape index (κ3) is 3.26. The summed E-state index contributed by atoms with van der Waals surface area (Å²) in [5, 5.41) is 2.98. The number of nitrogens with one attached hydrogen (secondary N) is 1. The highest BCUT2D eigenvalue weighted by molar-refractivity contribution is 5.73. The van der Waals surface area contributed by atoms with Gasteiger partial charge >= 0.3 is 0 Å². The summed E-state index contributed by atoms with van der Waals surface area (Å²) in [5.41, 5.74) is 8.32. The van der Waals surface area contributed by atoms with Crippen LogP contribution in [0, 0.1) is 0 Å². The van der Waals surface area contributed by atoms with Gasteiger partial charge in [0.05, 0.1) is 12.6 Å². The summed E-state index contributed by atoms with van der Waals surface area (Å²) in [6, 6.07) is 6.16. The molecule has 2 unspecified atom stereocenters. The molecule has 2 rings (SSSR count). The van der Waals surface area contributed by atoms with Crippen LogP contribution in [-0.4, -0.2) is 12.5 Å². The molecule has 4 nitrogen and oxygen atoms in total. The summed E-state index contributed by atoms with van der Waals surface area (Å²) < 4.78 is 5.64. The Morgan fingerprint density at radius 1 is 1.58 bits per heavy atom. The monoisotopic (exact) mass is 262 g/mol. The Morgan fingerprint density at radius 2 is 2.37 bits per heavy atom. The zero-order valence-electron chi connectivity index (χ0n) is 11.6. The number of amides is 1. The summed E-state index contributed by atoms with van der Waals surface area (Å²) >= 11 is 0. The highest BCUT2D eigenvalue weighted by atomic mass is 16.5. The van der Waals surface area contributed by atoms with Crippen molar-refractivity contribution in [2.24, 2.45) is 5.73 Å². The Bertz CT molecular complexity index is 459. The van der Waals surface area contributed by atoms with Crippen LogP contribution in [0.4, 0.5) is 0 Å². The van der Waals surface area contributed by atoms with Crippen LogP contribution >= 0.6 is 0 Å². The highest BCUT2D eigenvalue weighted by Crippen LogP contribution is 2.34. The fraction of sp³-hybridized carbons (Fsp3) is 0.533. The Morgan fingerprint density at radius 3 is 3.05 bits per heavy atom. The first-order valence-corrected chi connectivity index (χ1v) is 6.91. The van der Waals surface area contributed by atoms with E-state index in [1.807, 2.05) is 12.1 Å². The Labute approximate surface area is 114 Å². The van der Waals surface area contributed by atoms with Gasteiger partial charge in [0, 0.05) is 24.9 Å². The number of carbonyl (C=O) groups is 1. The lowest BCUT2D eigenvalue weighted by Gasteiger charge is -2.27. The first-order chi connectivity index (χ1) is 9.11. The van der Waals surface area contributed by atoms with Crippen LogP contribution in [0.2, 0.25) is 0 Å². The van der Waals surface area contributed by atoms with Gasteiger partial charge in [-0.25, -0.2) is 0 Å². The maximum Gasteiger partial charge on any atom is 0.217 e. The summed E-state index contributed by atoms with van der Waals surface area (Å²) in [4.78, 5) is 11.3. The SMILES string of the molecule is CCCC(N)c1ccc2c(c1)C(NC(C)=O)CCO2. The van der Waals surface area contributed by atoms with E-state index in [4.69, 9.17) is 10.5 Å². The summed E-state index contributed by atoms with van der Waals surface area (Å²) in [6.07, 6.45) is 2.83. The van der Waals surface area contributed by atoms with E-state index in [2.05, 4.69) is 18.3 Å². The van der Waals surface area contributed by atoms with Gasteiger partial charge in [-0.3, -0.25) is 4.79 Å². The topological polar surface area (TPSA) is 64.3 Å². The van der Waals surface area contributed by atoms with Gasteiger partial charge in [-0.15, -0.1) is 0 Å². The van der Waals surface area contributed by atoms with Gasteiger partial charge in [0.25, 0.3) is 0 Å². The molecular formula is C15H22N2O2. The number of rotatable bonds is 4. The summed E-state index contributed by atoms with van der Waals surface area (Å²) in [7, 11) is 0. The van der Waals surface area contributed by atoms with Gasteiger partial charge in [-0.05, 0) is 24.1 Å². The van der Waals surface area contributed by atoms with Crippen LogP contribution < -0.4 is 15.8 Å². The average Bonchev–Trinajstić information content (AvgIpc) is 2.38. The second-order valence-corrected chi connectivity index (χ2v) is 5.08. The van der Waals surface area contributed by atoms with Crippen molar-refractivity contribution >= 4 is 5.91 Å². The third-order valence-corrected chi connectivity index (χ3v) is 3.48. The smallest absolute Gasteiger partial charge is 0.217 e. The Balaban J connectivity index is 2.27. The second-order valence-electron chi connectivity index (χ2n) is 5.08. The van der Waals surface area contributed by atoms with Crippen molar-refractivity contribution in [1.29, 1.82) is 0 Å². The van der Waals surface area contributed by atoms with Crippen molar-refractivity contribution in [3.8, 4) is 5.75 Å². The first kappa shape index (κ1) is 13.9. The molecule has 0 aromatic heterocycles. The number of fused-ring (bicyclic) bond motifs is 1. The van der Waals surface area contributed by atoms with Crippen LogP contribution in [0.3, 0.4) is 0 Å². The molecule has 0 saturated heterocycles. The van der Waals surface area contributed by atoms with Gasteiger partial charge in [0.15, 0.2) is 0 Å². The molecule has 1 aliphatic heterocycles. The number of hydrogen-bond acceptors (Lipinski definition) is 3. The zero-order valence-corrected chi connectivity index (χ0v) is 11.6. The molecule has 1 aromatic rings. The van der Waals surface area contributed by atoms with Crippen LogP contribution in [0.15, 0.2) is 18.2 Å². The Hall–Kier alpha value is -1.55. The van der Waals surface area contributed by atoms with E-state index in [0.717, 1.165) is 36.1 Å². The van der Waals surface area contributed by atoms with E-state index < -0.39 is 0 Å². The number of ether oxygens (including phenoxy) is 1. The maximum atomic E-state index is 11.3. The molecular weight excluding hydrogens is 240 g/mol. The zero-order chi connectivity index (χ0) is 13.8. The lowest BCUT2D eigenvalue weighted by Crippen LogP contribution is -2.30. The largest absolute Gasteiger partial charge is 0.493 e. The molecule has 0 radical (unpaired) electrons. The minimum absolute atomic E-state index is 0.0129. The number of hydrogen-bond donors (Lipinski definition) is 2. The first-order valence-electron chi connectivity index (χ1n) is 6.91. The molecule has 19 heavy (non-hydrogen) atoms. The minimum atomic E-state index is -0.0129. The summed E-state index contributed by atoms with van der Waals surface area (Å²) in [6.45, 7) is 4.31. The number of benzene rings is 1. The lowest BCUT2D eigenvalue weighted by molar-refractivity contribution is -0.119. The standard InChI is InChI=1S/C15H22N2O2/c1-3-4-13(16)11-5-6-15-12(9-11)14(7-8-19-15)17-10(2)18/h5-6,9,13-14H,3-4,7-8,16H2,1-2H3,(H,17,18). The molecule has 0 spiro atoms. The molecule has 0 bridgehead atoms. The minimum Gasteiger partial charge on any atom is -0.493 e. The van der Waals surface area contributed by atoms with Crippen molar-refractivity contribution in [1.82, 2.24) is 5.32 Å². The molecule has 0 fully saturated rings. The summed E-state index contributed by atoms with van der Waals surface area (Å²) in [5.74, 6) is 0.846. The average molecular weight is 262 g/mol. The molecule has 1 amide bonds. The van der Waals surface area contributed by atoms with Crippen LogP contribution in [0.25, 0.3) is 0 Å². The molecule has 1 heterocycles. The van der Waals surface area contributed by atoms with Gasteiger partial charge in [-0.1, -0.05) is 19.4 Å². The number of nitrogens with two attached hydrogens (primary N) is 1. The van der Waals surface area contributed by atoms with Crippen molar-refractivity contribution < 1.29 is 9.53 Å². The van der Waals surface area contributed by atoms with Crippen LogP contribution in [-0.2, 0) is 4.79 Å². The van der Waals surface area contributed by atoms with Crippen molar-refractivity contribution in [3.05, 3.63) is 29.3 Å². The van der Waals surface area contributed by atoms with Crippen molar-refractivity contribution in [2.45, 2.75) is 45.2 Å². The molecule has 0 aliphatic carbocycles. The normalized spacial score (nSPS) is 19.2. The predicted molar refractivity (Wildman–Crippen MR) is 74.9 cm³/mol. The van der Waals surface area contributed by atoms with E-state index in [-0.39, 0.29) is 18.0 Å². The van der Waals surface area contributed by atoms with E-state index in [1.165, 1.54) is 0 Å². The van der Waals surface area contributed by atoms with Crippen molar-refractivity contribution in [2.75, 3.05) is 6.61 Å². The Kier molecular flexibility index (Phi) is 4.43. The number of carbonyl (C=O) groups excluding carboxylic acids is 1. The van der Waals surface area contributed by atoms with E-state index in [0.29, 0.717) is 6.61 Å². The molecule has 3 N–H and O–H groups in total. The maximum absolute atomic E-state index is 11.3. The van der Waals surface area contributed by atoms with E-state index in [1.54, 1.807) is 6.92 Å². The molecule has 1 aliphatic rings. The molecule has 4 heteroatoms. The highest BCUT2D eigenvalue weighted by Gasteiger charge is 2.23. The van der Waals surface area contributed by atoms with Crippen molar-refractivity contribution in [3.63, 3.8) is 0 Å². The second kappa shape index (κ2) is 6.06. The predicted octanol–water partition coefficient (Wildman–Crippen LogP) is 2.45. The van der Waals surface area contributed by atoms with Gasteiger partial charge in [0.1, 0.15) is 5.75 Å². The quantitative estimate of drug-likeness (QED) is 0.876. The van der Waals surface area contributed by atoms with E-state index >= 15 is 0 Å². The fourth-order valence-electron chi connectivity index (χ4n) is 2.52.